The van der Waals surface area contributed by atoms with Gasteiger partial charge >= 0.3 is 6.18 Å². The fourth-order valence-electron chi connectivity index (χ4n) is 3.04. The van der Waals surface area contributed by atoms with Crippen LogP contribution in [0, 0.1) is 11.3 Å². The van der Waals surface area contributed by atoms with Crippen molar-refractivity contribution in [3.8, 4) is 6.07 Å². The molecule has 1 atom stereocenters. The monoisotopic (exact) mass is 444 g/mol. The van der Waals surface area contributed by atoms with Crippen molar-refractivity contribution in [3.63, 3.8) is 0 Å². The van der Waals surface area contributed by atoms with E-state index in [0.29, 0.717) is 19.5 Å². The summed E-state index contributed by atoms with van der Waals surface area (Å²) in [5.74, 6) is -1.09. The summed E-state index contributed by atoms with van der Waals surface area (Å²) in [5.41, 5.74) is -1.89. The molecule has 0 spiro atoms. The number of rotatable bonds is 7. The lowest BCUT2D eigenvalue weighted by atomic mass is 10.1. The molecule has 1 aliphatic heterocycles. The molecule has 1 unspecified atom stereocenters. The normalized spacial score (nSPS) is 18.8. The van der Waals surface area contributed by atoms with Crippen LogP contribution in [0.5, 0.6) is 0 Å². The number of nitrogens with zero attached hydrogens (tertiary/aromatic N) is 3. The van der Waals surface area contributed by atoms with Gasteiger partial charge in [0, 0.05) is 25.3 Å². The molecule has 0 aliphatic carbocycles. The molecule has 1 aromatic carbocycles. The topological polar surface area (TPSA) is 93.5 Å². The Morgan fingerprint density at radius 3 is 2.50 bits per heavy atom. The van der Waals surface area contributed by atoms with Crippen molar-refractivity contribution >= 4 is 21.4 Å². The highest BCUT2D eigenvalue weighted by Gasteiger charge is 2.34. The summed E-state index contributed by atoms with van der Waals surface area (Å²) in [6.45, 7) is 0.884. The molecule has 0 bridgehead atoms. The van der Waals surface area contributed by atoms with Crippen molar-refractivity contribution in [3.05, 3.63) is 41.6 Å². The van der Waals surface area contributed by atoms with Gasteiger partial charge in [0.25, 0.3) is 5.91 Å². The quantitative estimate of drug-likeness (QED) is 0.512. The van der Waals surface area contributed by atoms with Gasteiger partial charge in [-0.05, 0) is 32.6 Å². The lowest BCUT2D eigenvalue weighted by Crippen LogP contribution is -2.37. The van der Waals surface area contributed by atoms with Gasteiger partial charge in [-0.25, -0.2) is 8.42 Å². The van der Waals surface area contributed by atoms with Crippen LogP contribution in [0.25, 0.3) is 0 Å². The van der Waals surface area contributed by atoms with Crippen LogP contribution >= 0.6 is 0 Å². The van der Waals surface area contributed by atoms with Crippen LogP contribution in [-0.2, 0) is 20.8 Å². The molecule has 0 aromatic heterocycles. The summed E-state index contributed by atoms with van der Waals surface area (Å²) in [5, 5.41) is 11.6. The first kappa shape index (κ1) is 23.7. The Kier molecular flexibility index (Phi) is 7.49. The van der Waals surface area contributed by atoms with Crippen molar-refractivity contribution < 1.29 is 26.4 Å². The van der Waals surface area contributed by atoms with Crippen molar-refractivity contribution in [1.82, 2.24) is 9.80 Å². The first-order valence-corrected chi connectivity index (χ1v) is 11.0. The minimum Gasteiger partial charge on any atom is -0.371 e. The van der Waals surface area contributed by atoms with Crippen molar-refractivity contribution in [2.75, 3.05) is 44.0 Å². The van der Waals surface area contributed by atoms with Crippen molar-refractivity contribution in [1.29, 1.82) is 5.26 Å². The molecule has 164 valence electrons. The Morgan fingerprint density at radius 1 is 1.30 bits per heavy atom. The highest BCUT2D eigenvalue weighted by molar-refractivity contribution is 7.91. The molecule has 1 amide bonds. The van der Waals surface area contributed by atoms with E-state index in [4.69, 9.17) is 0 Å². The van der Waals surface area contributed by atoms with Gasteiger partial charge in [-0.15, -0.1) is 0 Å². The molecule has 1 aliphatic rings. The van der Waals surface area contributed by atoms with Gasteiger partial charge in [-0.2, -0.15) is 18.4 Å². The van der Waals surface area contributed by atoms with Gasteiger partial charge in [-0.3, -0.25) is 4.79 Å². The molecular weight excluding hydrogens is 421 g/mol. The number of alkyl halides is 3. The number of likely N-dealkylation sites (N-methyl/N-ethyl adjacent to an activating group) is 1. The maximum Gasteiger partial charge on any atom is 0.418 e. The Morgan fingerprint density at radius 2 is 1.97 bits per heavy atom. The van der Waals surface area contributed by atoms with E-state index in [0.717, 1.165) is 12.1 Å². The van der Waals surface area contributed by atoms with Crippen LogP contribution in [0.2, 0.25) is 0 Å². The number of para-hydroxylation sites is 1. The van der Waals surface area contributed by atoms with Gasteiger partial charge < -0.3 is 15.1 Å². The zero-order valence-electron chi connectivity index (χ0n) is 16.6. The number of carbonyl (C=O) groups is 1. The maximum atomic E-state index is 13.1. The Bertz CT molecular complexity index is 953. The molecule has 1 N–H and O–H groups in total. The van der Waals surface area contributed by atoms with E-state index in [9.17, 15) is 31.6 Å². The smallest absolute Gasteiger partial charge is 0.371 e. The molecule has 30 heavy (non-hydrogen) atoms. The molecular formula is C19H23F3N4O3S. The fraction of sp³-hybridized carbons (Fsp3) is 0.474. The fourth-order valence-corrected chi connectivity index (χ4v) is 4.78. The Balaban J connectivity index is 2.28. The molecule has 1 saturated heterocycles. The second-order valence-electron chi connectivity index (χ2n) is 7.25. The number of nitrogens with one attached hydrogen (secondary N) is 1. The number of halogens is 3. The van der Waals surface area contributed by atoms with Gasteiger partial charge in [-0.1, -0.05) is 12.1 Å². The average molecular weight is 444 g/mol. The van der Waals surface area contributed by atoms with Crippen molar-refractivity contribution in [2.24, 2.45) is 0 Å². The summed E-state index contributed by atoms with van der Waals surface area (Å²) in [6.07, 6.45) is -3.08. The SMILES string of the molecule is CN(C)CCN(/C=C(/C#N)C(=O)Nc1ccccc1C(F)(F)F)C1CCS(=O)(=O)C1. The summed E-state index contributed by atoms with van der Waals surface area (Å²) < 4.78 is 63.1. The largest absolute Gasteiger partial charge is 0.418 e. The highest BCUT2D eigenvalue weighted by atomic mass is 32.2. The Labute approximate surface area is 173 Å². The van der Waals surface area contributed by atoms with Crippen molar-refractivity contribution in [2.45, 2.75) is 18.6 Å². The minimum absolute atomic E-state index is 0.0109. The zero-order valence-corrected chi connectivity index (χ0v) is 17.4. The van der Waals surface area contributed by atoms with Crippen LogP contribution in [-0.4, -0.2) is 68.9 Å². The van der Waals surface area contributed by atoms with Crippen LogP contribution in [0.1, 0.15) is 12.0 Å². The van der Waals surface area contributed by atoms with Gasteiger partial charge in [0.1, 0.15) is 11.6 Å². The molecule has 0 radical (unpaired) electrons. The third kappa shape index (κ3) is 6.47. The highest BCUT2D eigenvalue weighted by Crippen LogP contribution is 2.34. The lowest BCUT2D eigenvalue weighted by molar-refractivity contribution is -0.137. The minimum atomic E-state index is -4.67. The maximum absolute atomic E-state index is 13.1. The first-order valence-electron chi connectivity index (χ1n) is 9.13. The van der Waals surface area contributed by atoms with Crippen LogP contribution in [0.4, 0.5) is 18.9 Å². The second-order valence-corrected chi connectivity index (χ2v) is 9.48. The number of nitriles is 1. The summed E-state index contributed by atoms with van der Waals surface area (Å²) in [4.78, 5) is 16.0. The standard InChI is InChI=1S/C19H23F3N4O3S/c1-25(2)8-9-26(15-7-10-30(28,29)13-15)12-14(11-23)18(27)24-17-6-4-3-5-16(17)19(20,21)22/h3-6,12,15H,7-10,13H2,1-2H3,(H,24,27)/b14-12-. The van der Waals surface area contributed by atoms with E-state index >= 15 is 0 Å². The average Bonchev–Trinajstić information content (AvgIpc) is 3.01. The van der Waals surface area contributed by atoms with E-state index in [1.54, 1.807) is 11.0 Å². The number of carbonyl (C=O) groups excluding carboxylic acids is 1. The summed E-state index contributed by atoms with van der Waals surface area (Å²) in [7, 11) is 0.432. The molecule has 0 saturated carbocycles. The van der Waals surface area contributed by atoms with E-state index < -0.39 is 44.8 Å². The molecule has 7 nitrogen and oxygen atoms in total. The van der Waals surface area contributed by atoms with Crippen LogP contribution in [0.3, 0.4) is 0 Å². The lowest BCUT2D eigenvalue weighted by Gasteiger charge is -2.28. The number of hydrogen-bond acceptors (Lipinski definition) is 6. The predicted molar refractivity (Wildman–Crippen MR) is 106 cm³/mol. The van der Waals surface area contributed by atoms with E-state index in [1.807, 2.05) is 19.0 Å². The second kappa shape index (κ2) is 9.49. The third-order valence-corrected chi connectivity index (χ3v) is 6.37. The number of benzene rings is 1. The number of hydrogen-bond donors (Lipinski definition) is 1. The summed E-state index contributed by atoms with van der Waals surface area (Å²) in [6, 6.07) is 5.77. The number of anilines is 1. The molecule has 1 fully saturated rings. The van der Waals surface area contributed by atoms with E-state index in [1.165, 1.54) is 18.3 Å². The third-order valence-electron chi connectivity index (χ3n) is 4.62. The number of amides is 1. The molecule has 2 rings (SSSR count). The molecule has 11 heteroatoms. The molecule has 1 heterocycles. The molecule has 1 aromatic rings. The summed E-state index contributed by atoms with van der Waals surface area (Å²) >= 11 is 0. The first-order chi connectivity index (χ1) is 13.9. The van der Waals surface area contributed by atoms with E-state index in [2.05, 4.69) is 5.32 Å². The van der Waals surface area contributed by atoms with E-state index in [-0.39, 0.29) is 11.5 Å². The Hall–Kier alpha value is -2.58. The zero-order chi connectivity index (χ0) is 22.5. The van der Waals surface area contributed by atoms with Gasteiger partial charge in [0.05, 0.1) is 22.8 Å². The predicted octanol–water partition coefficient (Wildman–Crippen LogP) is 2.10. The van der Waals surface area contributed by atoms with Crippen LogP contribution in [0.15, 0.2) is 36.0 Å². The van der Waals surface area contributed by atoms with Crippen LogP contribution < -0.4 is 5.32 Å². The van der Waals surface area contributed by atoms with Gasteiger partial charge in [0.2, 0.25) is 0 Å². The number of sulfone groups is 1. The van der Waals surface area contributed by atoms with Gasteiger partial charge in [0.15, 0.2) is 9.84 Å².